The molecule has 0 N–H and O–H groups in total. The maximum atomic E-state index is 11.2. The minimum atomic E-state index is -1.12. The molecule has 0 heterocycles. The van der Waals surface area contributed by atoms with Crippen molar-refractivity contribution in [2.75, 3.05) is 0 Å². The molecule has 6 heteroatoms. The zero-order chi connectivity index (χ0) is 11.4. The lowest BCUT2D eigenvalue weighted by atomic mass is 10.1. The van der Waals surface area contributed by atoms with E-state index in [1.807, 2.05) is 13.0 Å². The first kappa shape index (κ1) is 11.6. The molecule has 0 amide bonds. The Kier molecular flexibility index (Phi) is 3.79. The molecular weight excluding hydrogens is 266 g/mol. The summed E-state index contributed by atoms with van der Waals surface area (Å²) in [5.41, 5.74) is 1.07. The molecule has 1 aromatic carbocycles. The van der Waals surface area contributed by atoms with E-state index in [-0.39, 0.29) is 5.56 Å². The van der Waals surface area contributed by atoms with Crippen LogP contribution in [0.15, 0.2) is 22.7 Å². The van der Waals surface area contributed by atoms with E-state index < -0.39 is 11.1 Å². The average Bonchev–Trinajstić information content (AvgIpc) is 2.15. The highest BCUT2D eigenvalue weighted by Gasteiger charge is 2.11. The fraction of sp³-hybridized carbons (Fsp3) is 0.222. The lowest BCUT2D eigenvalue weighted by Crippen LogP contribution is -2.10. The zero-order valence-electron chi connectivity index (χ0n) is 7.90. The second kappa shape index (κ2) is 4.88. The number of nitrogens with zero attached hydrogens (tertiary/aromatic N) is 1. The van der Waals surface area contributed by atoms with E-state index in [1.54, 1.807) is 6.07 Å². The van der Waals surface area contributed by atoms with Crippen molar-refractivity contribution in [2.24, 2.45) is 0 Å². The summed E-state index contributed by atoms with van der Waals surface area (Å²) in [7, 11) is 0. The predicted octanol–water partition coefficient (Wildman–Crippen LogP) is 2.36. The molecule has 15 heavy (non-hydrogen) atoms. The summed E-state index contributed by atoms with van der Waals surface area (Å²) in [5, 5.41) is 8.86. The molecule has 0 fully saturated rings. The maximum Gasteiger partial charge on any atom is 0.334 e. The van der Waals surface area contributed by atoms with E-state index in [9.17, 15) is 14.9 Å². The van der Waals surface area contributed by atoms with Crippen LogP contribution in [-0.2, 0) is 11.3 Å². The van der Waals surface area contributed by atoms with E-state index in [1.165, 1.54) is 6.07 Å². The first-order valence-corrected chi connectivity index (χ1v) is 4.98. The molecule has 0 aliphatic carbocycles. The summed E-state index contributed by atoms with van der Waals surface area (Å²) in [5.74, 6) is -0.962. The molecule has 1 aromatic rings. The maximum absolute atomic E-state index is 11.2. The first-order valence-electron chi connectivity index (χ1n) is 4.19. The summed E-state index contributed by atoms with van der Waals surface area (Å²) in [4.78, 5) is 25.0. The minimum absolute atomic E-state index is 0.165. The van der Waals surface area contributed by atoms with Crippen LogP contribution < -0.4 is 0 Å². The minimum Gasteiger partial charge on any atom is -0.263 e. The first-order chi connectivity index (χ1) is 7.02. The second-order valence-corrected chi connectivity index (χ2v) is 3.72. The topological polar surface area (TPSA) is 69.4 Å². The Labute approximate surface area is 94.3 Å². The third-order valence-electron chi connectivity index (χ3n) is 1.76. The van der Waals surface area contributed by atoms with Crippen LogP contribution >= 0.6 is 15.9 Å². The van der Waals surface area contributed by atoms with Crippen LogP contribution in [0, 0.1) is 10.1 Å². The van der Waals surface area contributed by atoms with Gasteiger partial charge in [-0.05, 0) is 30.2 Å². The van der Waals surface area contributed by atoms with E-state index in [0.717, 1.165) is 12.0 Å². The van der Waals surface area contributed by atoms with E-state index in [2.05, 4.69) is 20.8 Å². The summed E-state index contributed by atoms with van der Waals surface area (Å²) >= 11 is 3.21. The van der Waals surface area contributed by atoms with Crippen molar-refractivity contribution in [3.8, 4) is 0 Å². The normalized spacial score (nSPS) is 9.73. The molecule has 0 saturated carbocycles. The number of carbonyl (C=O) groups excluding carboxylic acids is 1. The Bertz CT molecular complexity index is 405. The molecule has 80 valence electrons. The highest BCUT2D eigenvalue weighted by atomic mass is 79.9. The number of benzene rings is 1. The monoisotopic (exact) mass is 273 g/mol. The number of rotatable bonds is 3. The van der Waals surface area contributed by atoms with Crippen LogP contribution in [0.25, 0.3) is 0 Å². The quantitative estimate of drug-likeness (QED) is 0.626. The molecule has 0 aliphatic heterocycles. The van der Waals surface area contributed by atoms with Crippen LogP contribution in [0.5, 0.6) is 0 Å². The van der Waals surface area contributed by atoms with Crippen molar-refractivity contribution in [2.45, 2.75) is 13.3 Å². The van der Waals surface area contributed by atoms with Gasteiger partial charge in [0, 0.05) is 10.0 Å². The van der Waals surface area contributed by atoms with Gasteiger partial charge in [-0.2, -0.15) is 0 Å². The molecule has 0 aromatic heterocycles. The summed E-state index contributed by atoms with van der Waals surface area (Å²) in [6.45, 7) is 1.92. The number of carbonyl (C=O) groups is 1. The Hall–Kier alpha value is -1.43. The molecule has 0 atom stereocenters. The molecule has 0 saturated heterocycles. The molecule has 0 radical (unpaired) electrons. The van der Waals surface area contributed by atoms with Crippen molar-refractivity contribution < 1.29 is 14.7 Å². The Morgan fingerprint density at radius 1 is 1.53 bits per heavy atom. The molecule has 0 bridgehead atoms. The number of halogens is 1. The van der Waals surface area contributed by atoms with Gasteiger partial charge in [-0.25, -0.2) is 4.84 Å². The molecule has 0 spiro atoms. The average molecular weight is 274 g/mol. The van der Waals surface area contributed by atoms with Crippen LogP contribution in [0.3, 0.4) is 0 Å². The number of hydrogen-bond acceptors (Lipinski definition) is 4. The largest absolute Gasteiger partial charge is 0.334 e. The zero-order valence-corrected chi connectivity index (χ0v) is 9.48. The van der Waals surface area contributed by atoms with Gasteiger partial charge in [-0.3, -0.25) is 4.79 Å². The molecule has 5 nitrogen and oxygen atoms in total. The number of hydrogen-bond donors (Lipinski definition) is 0. The third kappa shape index (κ3) is 3.32. The van der Waals surface area contributed by atoms with E-state index in [4.69, 9.17) is 0 Å². The lowest BCUT2D eigenvalue weighted by molar-refractivity contribution is -0.727. The van der Waals surface area contributed by atoms with E-state index in [0.29, 0.717) is 4.47 Å². The second-order valence-electron chi connectivity index (χ2n) is 2.80. The Morgan fingerprint density at radius 2 is 2.20 bits per heavy atom. The van der Waals surface area contributed by atoms with Crippen molar-refractivity contribution in [1.82, 2.24) is 0 Å². The SMILES string of the molecule is CCc1cc(Br)cc(C(=O)O[N+](=O)[O-])c1. The third-order valence-corrected chi connectivity index (χ3v) is 2.22. The van der Waals surface area contributed by atoms with Crippen molar-refractivity contribution in [3.05, 3.63) is 43.9 Å². The fourth-order valence-electron chi connectivity index (χ4n) is 1.09. The number of aryl methyl sites for hydroxylation is 1. The van der Waals surface area contributed by atoms with Crippen molar-refractivity contribution in [1.29, 1.82) is 0 Å². The summed E-state index contributed by atoms with van der Waals surface area (Å²) < 4.78 is 0.692. The Balaban J connectivity index is 2.98. The van der Waals surface area contributed by atoms with Gasteiger partial charge >= 0.3 is 11.1 Å². The van der Waals surface area contributed by atoms with Crippen LogP contribution in [0.4, 0.5) is 0 Å². The van der Waals surface area contributed by atoms with E-state index >= 15 is 0 Å². The molecular formula is C9H8BrNO4. The highest BCUT2D eigenvalue weighted by molar-refractivity contribution is 9.10. The predicted molar refractivity (Wildman–Crippen MR) is 55.9 cm³/mol. The Morgan fingerprint density at radius 3 is 2.73 bits per heavy atom. The highest BCUT2D eigenvalue weighted by Crippen LogP contribution is 2.17. The summed E-state index contributed by atoms with van der Waals surface area (Å²) in [6, 6.07) is 4.88. The summed E-state index contributed by atoms with van der Waals surface area (Å²) in [6.07, 6.45) is 0.734. The molecule has 0 unspecified atom stereocenters. The molecule has 1 rings (SSSR count). The van der Waals surface area contributed by atoms with Gasteiger partial charge in [0.05, 0.1) is 0 Å². The molecule has 0 aliphatic rings. The van der Waals surface area contributed by atoms with Gasteiger partial charge in [0.15, 0.2) is 0 Å². The van der Waals surface area contributed by atoms with Crippen molar-refractivity contribution >= 4 is 21.9 Å². The van der Waals surface area contributed by atoms with Gasteiger partial charge in [0.2, 0.25) is 0 Å². The lowest BCUT2D eigenvalue weighted by Gasteiger charge is -2.02. The van der Waals surface area contributed by atoms with Gasteiger partial charge < -0.3 is 0 Å². The van der Waals surface area contributed by atoms with Crippen molar-refractivity contribution in [3.63, 3.8) is 0 Å². The van der Waals surface area contributed by atoms with Gasteiger partial charge in [-0.1, -0.05) is 22.9 Å². The standard InChI is InChI=1S/C9H8BrNO4/c1-2-6-3-7(5-8(10)4-6)9(12)15-11(13)14/h3-5H,2H2,1H3. The van der Waals surface area contributed by atoms with Crippen LogP contribution in [0.1, 0.15) is 22.8 Å². The fourth-order valence-corrected chi connectivity index (χ4v) is 1.63. The van der Waals surface area contributed by atoms with Gasteiger partial charge in [-0.15, -0.1) is 10.1 Å². The van der Waals surface area contributed by atoms with Gasteiger partial charge in [0.1, 0.15) is 0 Å². The van der Waals surface area contributed by atoms with Gasteiger partial charge in [0.25, 0.3) is 0 Å². The van der Waals surface area contributed by atoms with Crippen LogP contribution in [0.2, 0.25) is 0 Å². The smallest absolute Gasteiger partial charge is 0.263 e. The van der Waals surface area contributed by atoms with Crippen LogP contribution in [-0.4, -0.2) is 11.1 Å².